The number of amides is 2. The van der Waals surface area contributed by atoms with E-state index >= 15 is 0 Å². The molecule has 260 valence electrons. The molecule has 0 radical (unpaired) electrons. The summed E-state index contributed by atoms with van der Waals surface area (Å²) in [5, 5.41) is 7.31. The molecule has 3 atom stereocenters. The van der Waals surface area contributed by atoms with Gasteiger partial charge in [-0.25, -0.2) is 4.79 Å². The molecule has 2 aromatic heterocycles. The minimum Gasteiger partial charge on any atom is -0.461 e. The van der Waals surface area contributed by atoms with Crippen LogP contribution in [0.2, 0.25) is 0 Å². The van der Waals surface area contributed by atoms with Crippen LogP contribution in [0.5, 0.6) is 0 Å². The Morgan fingerprint density at radius 3 is 1.67 bits per heavy atom. The van der Waals surface area contributed by atoms with E-state index in [4.69, 9.17) is 15.2 Å². The van der Waals surface area contributed by atoms with Crippen LogP contribution in [0.1, 0.15) is 28.7 Å². The molecule has 0 aliphatic rings. The average molecular weight is 686 g/mol. The topological polar surface area (TPSA) is 168 Å². The maximum Gasteiger partial charge on any atom is 0.329 e. The Hall–Kier alpha value is -6.20. The molecule has 11 heteroatoms. The Morgan fingerprint density at radius 1 is 0.588 bits per heavy atom. The van der Waals surface area contributed by atoms with Gasteiger partial charge in [-0.05, 0) is 40.8 Å². The molecule has 2 heterocycles. The lowest BCUT2D eigenvalue weighted by molar-refractivity contribution is -0.155. The predicted octanol–water partition coefficient (Wildman–Crippen LogP) is 4.61. The number of H-pyrrole nitrogens is 2. The molecule has 0 saturated carbocycles. The monoisotopic (exact) mass is 685 g/mol. The number of carbonyl (C=O) groups excluding carboxylic acids is 4. The molecule has 0 saturated heterocycles. The van der Waals surface area contributed by atoms with E-state index in [0.717, 1.165) is 44.1 Å². The zero-order valence-electron chi connectivity index (χ0n) is 27.8. The Morgan fingerprint density at radius 2 is 1.08 bits per heavy atom. The summed E-state index contributed by atoms with van der Waals surface area (Å²) in [7, 11) is 0. The molecule has 0 spiro atoms. The number of aromatic nitrogens is 2. The average Bonchev–Trinajstić information content (AvgIpc) is 3.77. The lowest BCUT2D eigenvalue weighted by Gasteiger charge is -2.24. The summed E-state index contributed by atoms with van der Waals surface area (Å²) >= 11 is 0. The van der Waals surface area contributed by atoms with Gasteiger partial charge in [-0.1, -0.05) is 97.1 Å². The number of hydrogen-bond donors (Lipinski definition) is 5. The van der Waals surface area contributed by atoms with Crippen molar-refractivity contribution < 1.29 is 28.7 Å². The molecule has 0 unspecified atom stereocenters. The van der Waals surface area contributed by atoms with Crippen LogP contribution >= 0.6 is 0 Å². The number of nitrogens with one attached hydrogen (secondary N) is 4. The molecule has 0 aliphatic heterocycles. The second-order valence-electron chi connectivity index (χ2n) is 12.3. The minimum absolute atomic E-state index is 0.00698. The molecule has 4 aromatic carbocycles. The number of rotatable bonds is 15. The maximum absolute atomic E-state index is 14.1. The van der Waals surface area contributed by atoms with Gasteiger partial charge >= 0.3 is 11.9 Å². The number of hydrogen-bond acceptors (Lipinski definition) is 7. The fraction of sp³-hybridized carbons (Fsp3) is 0.200. The van der Waals surface area contributed by atoms with E-state index in [-0.39, 0.29) is 26.1 Å². The van der Waals surface area contributed by atoms with Gasteiger partial charge in [-0.2, -0.15) is 0 Å². The van der Waals surface area contributed by atoms with Gasteiger partial charge in [0.05, 0.1) is 12.5 Å². The normalized spacial score (nSPS) is 12.9. The molecule has 51 heavy (non-hydrogen) atoms. The van der Waals surface area contributed by atoms with Crippen molar-refractivity contribution in [2.24, 2.45) is 5.73 Å². The van der Waals surface area contributed by atoms with Crippen LogP contribution in [0.4, 0.5) is 0 Å². The lowest BCUT2D eigenvalue weighted by Crippen LogP contribution is -2.56. The van der Waals surface area contributed by atoms with Crippen LogP contribution in [0.3, 0.4) is 0 Å². The number of carbonyl (C=O) groups is 4. The second-order valence-corrected chi connectivity index (χ2v) is 12.3. The minimum atomic E-state index is -1.40. The van der Waals surface area contributed by atoms with E-state index in [0.29, 0.717) is 0 Å². The summed E-state index contributed by atoms with van der Waals surface area (Å²) < 4.78 is 11.0. The smallest absolute Gasteiger partial charge is 0.329 e. The first-order valence-electron chi connectivity index (χ1n) is 16.7. The Kier molecular flexibility index (Phi) is 11.2. The molecule has 6 aromatic rings. The van der Waals surface area contributed by atoms with Gasteiger partial charge in [0.2, 0.25) is 11.8 Å². The molecule has 6 rings (SSSR count). The van der Waals surface area contributed by atoms with Crippen molar-refractivity contribution in [2.45, 2.75) is 50.6 Å². The van der Waals surface area contributed by atoms with Crippen LogP contribution in [-0.2, 0) is 54.7 Å². The highest BCUT2D eigenvalue weighted by Crippen LogP contribution is 2.21. The fourth-order valence-electron chi connectivity index (χ4n) is 5.90. The molecular weight excluding hydrogens is 646 g/mol. The van der Waals surface area contributed by atoms with Crippen molar-refractivity contribution in [3.8, 4) is 0 Å². The van der Waals surface area contributed by atoms with Crippen LogP contribution < -0.4 is 16.4 Å². The van der Waals surface area contributed by atoms with Gasteiger partial charge < -0.3 is 35.8 Å². The Balaban J connectivity index is 1.20. The van der Waals surface area contributed by atoms with Gasteiger partial charge in [-0.15, -0.1) is 0 Å². The highest BCUT2D eigenvalue weighted by atomic mass is 16.5. The van der Waals surface area contributed by atoms with Gasteiger partial charge in [0.25, 0.3) is 0 Å². The summed E-state index contributed by atoms with van der Waals surface area (Å²) in [5.74, 6) is -2.77. The van der Waals surface area contributed by atoms with Gasteiger partial charge in [-0.3, -0.25) is 14.4 Å². The standard InChI is InChI=1S/C40H39N5O6/c41-32(19-28-22-42-33-17-9-7-15-30(28)33)38(47)44-35(20-29-23-43-34-18-10-8-16-31(29)34)39(48)45-36(40(49)51-25-27-13-5-2-6-14-27)21-37(46)50-24-26-11-3-1-4-12-26/h1-18,22-23,32,35-36,42-43H,19-21,24-25,41H2,(H,44,47)(H,45,48)/t32-,35-,36-/m0/s1. The third kappa shape index (κ3) is 9.08. The van der Waals surface area contributed by atoms with Crippen molar-refractivity contribution >= 4 is 45.6 Å². The van der Waals surface area contributed by atoms with Crippen LogP contribution in [0.25, 0.3) is 21.8 Å². The van der Waals surface area contributed by atoms with E-state index in [2.05, 4.69) is 20.6 Å². The third-order valence-corrected chi connectivity index (χ3v) is 8.62. The predicted molar refractivity (Wildman–Crippen MR) is 193 cm³/mol. The number of benzene rings is 4. The molecule has 0 aliphatic carbocycles. The van der Waals surface area contributed by atoms with Crippen LogP contribution in [0, 0.1) is 0 Å². The van der Waals surface area contributed by atoms with Crippen LogP contribution in [0.15, 0.2) is 122 Å². The highest BCUT2D eigenvalue weighted by Gasteiger charge is 2.32. The molecule has 2 amide bonds. The SMILES string of the molecule is N[C@@H](Cc1c[nH]c2ccccc12)C(=O)N[C@@H](Cc1c[nH]c2ccccc12)C(=O)N[C@@H](CC(=O)OCc1ccccc1)C(=O)OCc1ccccc1. The van der Waals surface area contributed by atoms with Crippen molar-refractivity contribution in [3.63, 3.8) is 0 Å². The van der Waals surface area contributed by atoms with Crippen molar-refractivity contribution in [1.82, 2.24) is 20.6 Å². The lowest BCUT2D eigenvalue weighted by atomic mass is 10.0. The van der Waals surface area contributed by atoms with Crippen molar-refractivity contribution in [3.05, 3.63) is 144 Å². The van der Waals surface area contributed by atoms with E-state index < -0.39 is 48.3 Å². The number of aromatic amines is 2. The Bertz CT molecular complexity index is 2110. The van der Waals surface area contributed by atoms with Gasteiger partial charge in [0.15, 0.2) is 0 Å². The summed E-state index contributed by atoms with van der Waals surface area (Å²) in [6.45, 7) is -0.0731. The van der Waals surface area contributed by atoms with E-state index in [9.17, 15) is 19.2 Å². The van der Waals surface area contributed by atoms with E-state index in [1.807, 2.05) is 103 Å². The zero-order valence-corrected chi connectivity index (χ0v) is 27.8. The van der Waals surface area contributed by atoms with E-state index in [1.54, 1.807) is 18.3 Å². The number of fused-ring (bicyclic) bond motifs is 2. The zero-order chi connectivity index (χ0) is 35.6. The summed E-state index contributed by atoms with van der Waals surface area (Å²) in [6.07, 6.45) is 3.40. The summed E-state index contributed by atoms with van der Waals surface area (Å²) in [6, 6.07) is 29.9. The molecule has 0 fully saturated rings. The summed E-state index contributed by atoms with van der Waals surface area (Å²) in [4.78, 5) is 60.5. The molecule has 0 bridgehead atoms. The van der Waals surface area contributed by atoms with Crippen molar-refractivity contribution in [2.75, 3.05) is 0 Å². The number of ether oxygens (including phenoxy) is 2. The van der Waals surface area contributed by atoms with Crippen molar-refractivity contribution in [1.29, 1.82) is 0 Å². The molecular formula is C40H39N5O6. The first-order valence-corrected chi connectivity index (χ1v) is 16.7. The van der Waals surface area contributed by atoms with E-state index in [1.165, 1.54) is 0 Å². The largest absolute Gasteiger partial charge is 0.461 e. The van der Waals surface area contributed by atoms with Crippen LogP contribution in [-0.4, -0.2) is 51.8 Å². The fourth-order valence-corrected chi connectivity index (χ4v) is 5.90. The molecule has 11 nitrogen and oxygen atoms in total. The second kappa shape index (κ2) is 16.5. The quantitative estimate of drug-likeness (QED) is 0.0984. The number of esters is 2. The van der Waals surface area contributed by atoms with Gasteiger partial charge in [0, 0.05) is 40.6 Å². The number of para-hydroxylation sites is 2. The number of nitrogens with two attached hydrogens (primary N) is 1. The summed E-state index contributed by atoms with van der Waals surface area (Å²) in [5.41, 5.74) is 11.3. The first-order chi connectivity index (χ1) is 24.8. The Labute approximate surface area is 294 Å². The maximum atomic E-state index is 14.1. The van der Waals surface area contributed by atoms with Gasteiger partial charge in [0.1, 0.15) is 25.3 Å². The first kappa shape index (κ1) is 34.7. The highest BCUT2D eigenvalue weighted by molar-refractivity contribution is 5.94. The third-order valence-electron chi connectivity index (χ3n) is 8.62. The molecule has 6 N–H and O–H groups in total.